The Morgan fingerprint density at radius 3 is 2.23 bits per heavy atom. The number of alkyl carbamates (subject to hydrolysis) is 1. The van der Waals surface area contributed by atoms with Crippen LogP contribution in [0.25, 0.3) is 0 Å². The number of benzene rings is 1. The molecule has 3 saturated carbocycles. The molecule has 0 unspecified atom stereocenters. The first-order chi connectivity index (χ1) is 22.0. The van der Waals surface area contributed by atoms with E-state index in [0.29, 0.717) is 12.8 Å². The number of halogens is 1. The van der Waals surface area contributed by atoms with Crippen molar-refractivity contribution in [3.63, 3.8) is 0 Å². The standard InChI is InChI=1S/C33H45IN4O8S/c1-6-20-17-33(20,29(41)37-47(43,44)24-15-16-24)36-27(39)25-18-32(45-5,21-11-13-22(34)14-12-21)19-38(25)28(40)26(31(2,3)4)35-30(42)46-23-9-7-8-10-23/h6,11-14,20,23-26H,1,7-10,15-19H2,2-5H3,(H,35,42)(H,36,39)(H,37,41)/t20-,25+,26-,32+,33-/m1/s1. The number of amides is 4. The molecule has 47 heavy (non-hydrogen) atoms. The molecule has 0 spiro atoms. The van der Waals surface area contributed by atoms with E-state index in [0.717, 1.165) is 34.8 Å². The molecule has 1 saturated heterocycles. The van der Waals surface area contributed by atoms with Crippen molar-refractivity contribution in [1.82, 2.24) is 20.3 Å². The lowest BCUT2D eigenvalue weighted by molar-refractivity contribution is -0.143. The molecule has 258 valence electrons. The molecule has 1 aromatic carbocycles. The normalized spacial score (nSPS) is 28.3. The lowest BCUT2D eigenvalue weighted by Gasteiger charge is -2.36. The van der Waals surface area contributed by atoms with Crippen LogP contribution >= 0.6 is 22.6 Å². The van der Waals surface area contributed by atoms with E-state index in [9.17, 15) is 27.6 Å². The Morgan fingerprint density at radius 2 is 1.70 bits per heavy atom. The summed E-state index contributed by atoms with van der Waals surface area (Å²) in [6, 6.07) is 5.42. The molecule has 1 aliphatic heterocycles. The van der Waals surface area contributed by atoms with E-state index in [1.54, 1.807) is 0 Å². The minimum Gasteiger partial charge on any atom is -0.446 e. The highest BCUT2D eigenvalue weighted by Crippen LogP contribution is 2.46. The number of sulfonamides is 1. The first-order valence-electron chi connectivity index (χ1n) is 16.1. The van der Waals surface area contributed by atoms with E-state index in [4.69, 9.17) is 9.47 Å². The fourth-order valence-corrected chi connectivity index (χ4v) is 8.43. The van der Waals surface area contributed by atoms with Gasteiger partial charge in [-0.05, 0) is 90.6 Å². The second-order valence-corrected chi connectivity index (χ2v) is 17.5. The number of ether oxygens (including phenoxy) is 2. The van der Waals surface area contributed by atoms with Gasteiger partial charge < -0.3 is 25.0 Å². The summed E-state index contributed by atoms with van der Waals surface area (Å²) in [4.78, 5) is 56.6. The number of nitrogens with one attached hydrogen (secondary N) is 3. The minimum absolute atomic E-state index is 0.00686. The van der Waals surface area contributed by atoms with Crippen LogP contribution in [0, 0.1) is 14.9 Å². The van der Waals surface area contributed by atoms with Crippen LogP contribution in [-0.2, 0) is 39.5 Å². The maximum absolute atomic E-state index is 14.5. The van der Waals surface area contributed by atoms with Crippen molar-refractivity contribution in [2.75, 3.05) is 13.7 Å². The third-order valence-corrected chi connectivity index (χ3v) is 12.4. The predicted molar refractivity (Wildman–Crippen MR) is 182 cm³/mol. The Hall–Kier alpha value is -2.72. The van der Waals surface area contributed by atoms with E-state index in [2.05, 4.69) is 44.5 Å². The number of rotatable bonds is 11. The topological polar surface area (TPSA) is 160 Å². The smallest absolute Gasteiger partial charge is 0.408 e. The van der Waals surface area contributed by atoms with Gasteiger partial charge in [-0.15, -0.1) is 6.58 Å². The number of nitrogens with zero attached hydrogens (tertiary/aromatic N) is 1. The molecule has 14 heteroatoms. The Labute approximate surface area is 290 Å². The number of hydrogen-bond acceptors (Lipinski definition) is 8. The largest absolute Gasteiger partial charge is 0.446 e. The Morgan fingerprint density at radius 1 is 1.06 bits per heavy atom. The summed E-state index contributed by atoms with van der Waals surface area (Å²) in [7, 11) is -2.35. The molecule has 0 radical (unpaired) electrons. The third-order valence-electron chi connectivity index (χ3n) is 9.87. The highest BCUT2D eigenvalue weighted by molar-refractivity contribution is 14.1. The molecule has 3 aliphatic carbocycles. The lowest BCUT2D eigenvalue weighted by Crippen LogP contribution is -2.60. The predicted octanol–water partition coefficient (Wildman–Crippen LogP) is 3.49. The van der Waals surface area contributed by atoms with E-state index < -0.39 is 73.6 Å². The second-order valence-electron chi connectivity index (χ2n) is 14.3. The van der Waals surface area contributed by atoms with E-state index in [1.165, 1.54) is 18.1 Å². The zero-order valence-corrected chi connectivity index (χ0v) is 30.3. The van der Waals surface area contributed by atoms with Crippen molar-refractivity contribution >= 4 is 56.4 Å². The molecule has 4 amide bonds. The van der Waals surface area contributed by atoms with E-state index in [1.807, 2.05) is 45.0 Å². The van der Waals surface area contributed by atoms with E-state index >= 15 is 0 Å². The summed E-state index contributed by atoms with van der Waals surface area (Å²) in [5.41, 5.74) is -2.62. The first-order valence-corrected chi connectivity index (χ1v) is 18.8. The highest BCUT2D eigenvalue weighted by atomic mass is 127. The number of hydrogen-bond donors (Lipinski definition) is 3. The van der Waals surface area contributed by atoms with Gasteiger partial charge in [0.2, 0.25) is 21.8 Å². The summed E-state index contributed by atoms with van der Waals surface area (Å²) >= 11 is 2.19. The SMILES string of the molecule is C=C[C@@H]1C[C@]1(NC(=O)[C@@H]1C[C@@](OC)(c2ccc(I)cc2)CN1C(=O)[C@@H](NC(=O)OC1CCCC1)C(C)(C)C)C(=O)NS(=O)(=O)C1CC1. The molecule has 4 fully saturated rings. The van der Waals surface area contributed by atoms with Crippen LogP contribution in [0.2, 0.25) is 0 Å². The van der Waals surface area contributed by atoms with Crippen molar-refractivity contribution < 1.29 is 37.1 Å². The summed E-state index contributed by atoms with van der Waals surface area (Å²) < 4.78 is 40.2. The molecule has 5 rings (SSSR count). The van der Waals surface area contributed by atoms with Gasteiger partial charge in [0.05, 0.1) is 11.8 Å². The molecular weight excluding hydrogens is 739 g/mol. The van der Waals surface area contributed by atoms with Crippen molar-refractivity contribution in [3.8, 4) is 0 Å². The molecule has 4 aliphatic rings. The van der Waals surface area contributed by atoms with Gasteiger partial charge in [-0.3, -0.25) is 19.1 Å². The minimum atomic E-state index is -3.87. The molecule has 0 aromatic heterocycles. The zero-order valence-electron chi connectivity index (χ0n) is 27.3. The fourth-order valence-electron chi connectivity index (χ4n) is 6.71. The van der Waals surface area contributed by atoms with Gasteiger partial charge in [0.25, 0.3) is 5.91 Å². The number of carbonyl (C=O) groups excluding carboxylic acids is 4. The molecule has 3 N–H and O–H groups in total. The Kier molecular flexibility index (Phi) is 10.1. The molecule has 5 atom stereocenters. The number of methoxy groups -OCH3 is 1. The second kappa shape index (κ2) is 13.3. The maximum atomic E-state index is 14.5. The van der Waals surface area contributed by atoms with Gasteiger partial charge in [0, 0.05) is 23.0 Å². The highest BCUT2D eigenvalue weighted by Gasteiger charge is 2.62. The van der Waals surface area contributed by atoms with Gasteiger partial charge in [0.1, 0.15) is 29.3 Å². The van der Waals surface area contributed by atoms with Crippen LogP contribution in [0.3, 0.4) is 0 Å². The Balaban J connectivity index is 1.45. The quantitative estimate of drug-likeness (QED) is 0.227. The van der Waals surface area contributed by atoms with Gasteiger partial charge >= 0.3 is 6.09 Å². The van der Waals surface area contributed by atoms with Crippen molar-refractivity contribution in [3.05, 3.63) is 46.1 Å². The van der Waals surface area contributed by atoms with Crippen LogP contribution < -0.4 is 15.4 Å². The third kappa shape index (κ3) is 7.48. The van der Waals surface area contributed by atoms with Crippen molar-refractivity contribution in [2.45, 2.75) is 107 Å². The van der Waals surface area contributed by atoms with Gasteiger partial charge in [-0.25, -0.2) is 13.2 Å². The average Bonchev–Trinajstić information content (AvgIpc) is 3.89. The van der Waals surface area contributed by atoms with Crippen LogP contribution in [0.1, 0.15) is 77.7 Å². The summed E-state index contributed by atoms with van der Waals surface area (Å²) in [5, 5.41) is 4.97. The number of likely N-dealkylation sites (tertiary alicyclic amines) is 1. The molecule has 1 heterocycles. The Bertz CT molecular complexity index is 1520. The first kappa shape index (κ1) is 35.6. The van der Waals surface area contributed by atoms with Gasteiger partial charge in [0.15, 0.2) is 0 Å². The summed E-state index contributed by atoms with van der Waals surface area (Å²) in [5.74, 6) is -2.45. The van der Waals surface area contributed by atoms with Gasteiger partial charge in [-0.2, -0.15) is 0 Å². The van der Waals surface area contributed by atoms with Crippen LogP contribution in [0.4, 0.5) is 4.79 Å². The van der Waals surface area contributed by atoms with Crippen LogP contribution in [0.5, 0.6) is 0 Å². The monoisotopic (exact) mass is 784 g/mol. The molecule has 0 bridgehead atoms. The molecular formula is C33H45IN4O8S. The maximum Gasteiger partial charge on any atom is 0.408 e. The van der Waals surface area contributed by atoms with Gasteiger partial charge in [-0.1, -0.05) is 39.0 Å². The fraction of sp³-hybridized carbons (Fsp3) is 0.636. The van der Waals surface area contributed by atoms with Crippen LogP contribution in [-0.4, -0.2) is 79.8 Å². The number of carbonyl (C=O) groups is 4. The molecule has 12 nitrogen and oxygen atoms in total. The molecule has 1 aromatic rings. The van der Waals surface area contributed by atoms with Crippen molar-refractivity contribution in [1.29, 1.82) is 0 Å². The summed E-state index contributed by atoms with van der Waals surface area (Å²) in [6.45, 7) is 9.22. The summed E-state index contributed by atoms with van der Waals surface area (Å²) in [6.07, 6.45) is 5.27. The zero-order chi connectivity index (χ0) is 34.4. The van der Waals surface area contributed by atoms with E-state index in [-0.39, 0.29) is 25.5 Å². The average molecular weight is 785 g/mol. The van der Waals surface area contributed by atoms with Crippen LogP contribution in [0.15, 0.2) is 36.9 Å². The lowest BCUT2D eigenvalue weighted by atomic mass is 9.85. The van der Waals surface area contributed by atoms with Crippen molar-refractivity contribution in [2.24, 2.45) is 11.3 Å².